The van der Waals surface area contributed by atoms with Crippen molar-refractivity contribution >= 4 is 22.6 Å². The second-order valence-corrected chi connectivity index (χ2v) is 5.55. The number of amidine groups is 1. The zero-order valence-electron chi connectivity index (χ0n) is 13.2. The number of rotatable bonds is 5. The zero-order chi connectivity index (χ0) is 16.9. The molecular weight excluding hydrogens is 300 g/mol. The van der Waals surface area contributed by atoms with Crippen LogP contribution in [0, 0.1) is 5.41 Å². The van der Waals surface area contributed by atoms with Gasteiger partial charge < -0.3 is 10.5 Å². The van der Waals surface area contributed by atoms with E-state index in [1.165, 1.54) is 0 Å². The van der Waals surface area contributed by atoms with Crippen molar-refractivity contribution in [3.8, 4) is 5.75 Å². The van der Waals surface area contributed by atoms with Gasteiger partial charge in [-0.2, -0.15) is 0 Å². The molecule has 0 bridgehead atoms. The van der Waals surface area contributed by atoms with Gasteiger partial charge in [0.05, 0.1) is 6.42 Å². The number of esters is 1. The number of fused-ring (bicyclic) bond motifs is 1. The minimum absolute atomic E-state index is 0.00787. The smallest absolute Gasteiger partial charge is 0.311 e. The van der Waals surface area contributed by atoms with E-state index in [0.717, 1.165) is 16.3 Å². The molecule has 0 aromatic heterocycles. The maximum Gasteiger partial charge on any atom is 0.311 e. The predicted molar refractivity (Wildman–Crippen MR) is 95.4 cm³/mol. The molecule has 0 aliphatic heterocycles. The SMILES string of the molecule is N=C(N)c1ccccc1CCC(=O)Oc1ccc2ccccc2c1. The Hall–Kier alpha value is -3.14. The van der Waals surface area contributed by atoms with E-state index < -0.39 is 0 Å². The first-order valence-electron chi connectivity index (χ1n) is 7.75. The number of nitrogens with one attached hydrogen (secondary N) is 1. The molecule has 0 amide bonds. The number of hydrogen-bond donors (Lipinski definition) is 2. The number of benzene rings is 3. The lowest BCUT2D eigenvalue weighted by Gasteiger charge is -2.08. The molecule has 3 aromatic carbocycles. The molecule has 4 nitrogen and oxygen atoms in total. The van der Waals surface area contributed by atoms with Crippen LogP contribution in [0.3, 0.4) is 0 Å². The Morgan fingerprint density at radius 1 is 0.958 bits per heavy atom. The number of nitrogen functional groups attached to an aromatic ring is 1. The lowest BCUT2D eigenvalue weighted by molar-refractivity contribution is -0.134. The molecule has 0 unspecified atom stereocenters. The van der Waals surface area contributed by atoms with E-state index in [1.54, 1.807) is 12.1 Å². The van der Waals surface area contributed by atoms with Crippen molar-refractivity contribution in [3.05, 3.63) is 77.9 Å². The molecule has 0 saturated heterocycles. The Kier molecular flexibility index (Phi) is 4.57. The van der Waals surface area contributed by atoms with E-state index in [-0.39, 0.29) is 18.2 Å². The van der Waals surface area contributed by atoms with Crippen LogP contribution in [-0.2, 0) is 11.2 Å². The fraction of sp³-hybridized carbons (Fsp3) is 0.100. The van der Waals surface area contributed by atoms with Gasteiger partial charge in [-0.15, -0.1) is 0 Å². The molecule has 0 aliphatic rings. The van der Waals surface area contributed by atoms with Crippen molar-refractivity contribution in [1.82, 2.24) is 0 Å². The summed E-state index contributed by atoms with van der Waals surface area (Å²) < 4.78 is 5.42. The lowest BCUT2D eigenvalue weighted by atomic mass is 10.0. The predicted octanol–water partition coefficient (Wildman–Crippen LogP) is 3.66. The third-order valence-electron chi connectivity index (χ3n) is 3.86. The van der Waals surface area contributed by atoms with Crippen LogP contribution in [0.25, 0.3) is 10.8 Å². The second kappa shape index (κ2) is 6.96. The highest BCUT2D eigenvalue weighted by Gasteiger charge is 2.09. The van der Waals surface area contributed by atoms with Crippen molar-refractivity contribution in [1.29, 1.82) is 5.41 Å². The van der Waals surface area contributed by atoms with E-state index in [0.29, 0.717) is 17.7 Å². The van der Waals surface area contributed by atoms with Crippen LogP contribution >= 0.6 is 0 Å². The molecule has 4 heteroatoms. The van der Waals surface area contributed by atoms with Gasteiger partial charge in [0.2, 0.25) is 0 Å². The summed E-state index contributed by atoms with van der Waals surface area (Å²) in [4.78, 5) is 12.1. The Labute approximate surface area is 140 Å². The first-order chi connectivity index (χ1) is 11.6. The normalized spacial score (nSPS) is 10.5. The molecule has 3 N–H and O–H groups in total. The monoisotopic (exact) mass is 318 g/mol. The molecule has 0 aliphatic carbocycles. The van der Waals surface area contributed by atoms with Crippen LogP contribution in [0.15, 0.2) is 66.7 Å². The summed E-state index contributed by atoms with van der Waals surface area (Å²) in [6, 6.07) is 20.9. The third-order valence-corrected chi connectivity index (χ3v) is 3.86. The first-order valence-corrected chi connectivity index (χ1v) is 7.75. The van der Waals surface area contributed by atoms with Crippen LogP contribution in [-0.4, -0.2) is 11.8 Å². The lowest BCUT2D eigenvalue weighted by Crippen LogP contribution is -2.15. The molecule has 24 heavy (non-hydrogen) atoms. The number of hydrogen-bond acceptors (Lipinski definition) is 3. The van der Waals surface area contributed by atoms with E-state index >= 15 is 0 Å². The fourth-order valence-corrected chi connectivity index (χ4v) is 2.65. The highest BCUT2D eigenvalue weighted by Crippen LogP contribution is 2.21. The van der Waals surface area contributed by atoms with Gasteiger partial charge in [0, 0.05) is 5.56 Å². The van der Waals surface area contributed by atoms with Gasteiger partial charge >= 0.3 is 5.97 Å². The summed E-state index contributed by atoms with van der Waals surface area (Å²) in [5.74, 6) is 0.246. The summed E-state index contributed by atoms with van der Waals surface area (Å²) in [6.45, 7) is 0. The first kappa shape index (κ1) is 15.7. The Morgan fingerprint density at radius 2 is 1.67 bits per heavy atom. The molecular formula is C20H18N2O2. The number of ether oxygens (including phenoxy) is 1. The summed E-state index contributed by atoms with van der Waals surface area (Å²) in [5, 5.41) is 9.72. The summed E-state index contributed by atoms with van der Waals surface area (Å²) in [7, 11) is 0. The summed E-state index contributed by atoms with van der Waals surface area (Å²) in [6.07, 6.45) is 0.722. The van der Waals surface area contributed by atoms with Gasteiger partial charge in [-0.05, 0) is 34.9 Å². The van der Waals surface area contributed by atoms with Gasteiger partial charge in [0.1, 0.15) is 11.6 Å². The number of nitrogens with two attached hydrogens (primary N) is 1. The summed E-state index contributed by atoms with van der Waals surface area (Å²) >= 11 is 0. The highest BCUT2D eigenvalue weighted by molar-refractivity contribution is 5.96. The van der Waals surface area contributed by atoms with Crippen molar-refractivity contribution in [2.75, 3.05) is 0 Å². The van der Waals surface area contributed by atoms with Crippen LogP contribution in [0.4, 0.5) is 0 Å². The van der Waals surface area contributed by atoms with Crippen molar-refractivity contribution in [3.63, 3.8) is 0 Å². The third kappa shape index (κ3) is 3.60. The fourth-order valence-electron chi connectivity index (χ4n) is 2.65. The minimum atomic E-state index is -0.302. The van der Waals surface area contributed by atoms with E-state index in [9.17, 15) is 4.79 Å². The molecule has 3 aromatic rings. The van der Waals surface area contributed by atoms with Crippen LogP contribution in [0.2, 0.25) is 0 Å². The molecule has 0 heterocycles. The van der Waals surface area contributed by atoms with Crippen molar-refractivity contribution in [2.45, 2.75) is 12.8 Å². The maximum atomic E-state index is 12.1. The number of carbonyl (C=O) groups is 1. The quantitative estimate of drug-likeness (QED) is 0.326. The Bertz CT molecular complexity index is 903. The van der Waals surface area contributed by atoms with E-state index in [4.69, 9.17) is 15.9 Å². The Morgan fingerprint density at radius 3 is 2.46 bits per heavy atom. The van der Waals surface area contributed by atoms with E-state index in [1.807, 2.05) is 54.6 Å². The maximum absolute atomic E-state index is 12.1. The molecule has 0 spiro atoms. The van der Waals surface area contributed by atoms with Gasteiger partial charge in [-0.25, -0.2) is 0 Å². The van der Waals surface area contributed by atoms with Crippen molar-refractivity contribution in [2.24, 2.45) is 5.73 Å². The van der Waals surface area contributed by atoms with Crippen LogP contribution in [0.1, 0.15) is 17.5 Å². The molecule has 120 valence electrons. The Balaban J connectivity index is 1.66. The van der Waals surface area contributed by atoms with Gasteiger partial charge in [-0.1, -0.05) is 54.6 Å². The molecule has 0 saturated carbocycles. The highest BCUT2D eigenvalue weighted by atomic mass is 16.5. The van der Waals surface area contributed by atoms with E-state index in [2.05, 4.69) is 0 Å². The number of aryl methyl sites for hydroxylation is 1. The van der Waals surface area contributed by atoms with Crippen LogP contribution < -0.4 is 10.5 Å². The molecule has 3 rings (SSSR count). The molecule has 0 fully saturated rings. The molecule has 0 atom stereocenters. The topological polar surface area (TPSA) is 76.2 Å². The largest absolute Gasteiger partial charge is 0.426 e. The van der Waals surface area contributed by atoms with Gasteiger partial charge in [0.25, 0.3) is 0 Å². The standard InChI is InChI=1S/C20H18N2O2/c21-20(22)18-8-4-3-6-15(18)10-12-19(23)24-17-11-9-14-5-1-2-7-16(14)13-17/h1-9,11,13H,10,12H2,(H3,21,22). The van der Waals surface area contributed by atoms with Crippen molar-refractivity contribution < 1.29 is 9.53 Å². The average Bonchev–Trinajstić information content (AvgIpc) is 2.60. The average molecular weight is 318 g/mol. The minimum Gasteiger partial charge on any atom is -0.426 e. The summed E-state index contributed by atoms with van der Waals surface area (Å²) in [5.41, 5.74) is 7.10. The number of carbonyl (C=O) groups excluding carboxylic acids is 1. The second-order valence-electron chi connectivity index (χ2n) is 5.55. The van der Waals surface area contributed by atoms with Gasteiger partial charge in [-0.3, -0.25) is 10.2 Å². The molecule has 0 radical (unpaired) electrons. The van der Waals surface area contributed by atoms with Crippen LogP contribution in [0.5, 0.6) is 5.75 Å². The van der Waals surface area contributed by atoms with Gasteiger partial charge in [0.15, 0.2) is 0 Å². The zero-order valence-corrected chi connectivity index (χ0v) is 13.2.